The number of phosphoric acid groups is 1. The lowest BCUT2D eigenvalue weighted by Crippen LogP contribution is -2.27. The number of phosphoric ester groups is 1. The van der Waals surface area contributed by atoms with Crippen LogP contribution in [0.25, 0.3) is 0 Å². The van der Waals surface area contributed by atoms with Crippen molar-refractivity contribution in [2.75, 3.05) is 26.4 Å². The Hall–Kier alpha value is -2.22. The number of unbranched alkanes of at least 4 members (excludes halogenated alkanes) is 13. The first-order chi connectivity index (χ1) is 24.4. The number of hydrogen-bond donors (Lipinski definition) is 2. The van der Waals surface area contributed by atoms with E-state index in [1.54, 1.807) is 6.26 Å². The number of nitrogens with two attached hydrogens (primary N) is 1. The number of esters is 1. The van der Waals surface area contributed by atoms with E-state index >= 15 is 0 Å². The zero-order valence-corrected chi connectivity index (χ0v) is 32.5. The van der Waals surface area contributed by atoms with E-state index < -0.39 is 19.9 Å². The molecule has 50 heavy (non-hydrogen) atoms. The van der Waals surface area contributed by atoms with Crippen molar-refractivity contribution in [3.05, 3.63) is 73.1 Å². The molecule has 2 unspecified atom stereocenters. The summed E-state index contributed by atoms with van der Waals surface area (Å²) in [5.41, 5.74) is 5.34. The smallest absolute Gasteiger partial charge is 0.472 e. The van der Waals surface area contributed by atoms with Crippen LogP contribution in [0.2, 0.25) is 0 Å². The SMILES string of the molecule is CCC/C=C\C/C=C\C/C=C\C/C=C\C/C=C\CCC(=O)OC(CO/C=C/CCCCCCCCCCCCCC)COP(=O)(O)OCCN. The first-order valence-electron chi connectivity index (χ1n) is 19.5. The summed E-state index contributed by atoms with van der Waals surface area (Å²) >= 11 is 0. The van der Waals surface area contributed by atoms with Gasteiger partial charge in [0, 0.05) is 13.0 Å². The van der Waals surface area contributed by atoms with Crippen molar-refractivity contribution in [2.45, 2.75) is 155 Å². The van der Waals surface area contributed by atoms with Crippen LogP contribution in [0.3, 0.4) is 0 Å². The summed E-state index contributed by atoms with van der Waals surface area (Å²) in [6.07, 6.45) is 47.3. The van der Waals surface area contributed by atoms with Gasteiger partial charge in [-0.2, -0.15) is 0 Å². The number of carbonyl (C=O) groups excluding carboxylic acids is 1. The first-order valence-corrected chi connectivity index (χ1v) is 21.0. The monoisotopic (exact) mass is 722 g/mol. The van der Waals surface area contributed by atoms with E-state index in [0.29, 0.717) is 6.42 Å². The predicted molar refractivity (Wildman–Crippen MR) is 210 cm³/mol. The molecular weight excluding hydrogens is 649 g/mol. The third-order valence-corrected chi connectivity index (χ3v) is 8.67. The van der Waals surface area contributed by atoms with E-state index in [9.17, 15) is 14.3 Å². The second-order valence-corrected chi connectivity index (χ2v) is 14.0. The Bertz CT molecular complexity index is 989. The normalized spacial score (nSPS) is 14.3. The first kappa shape index (κ1) is 47.8. The summed E-state index contributed by atoms with van der Waals surface area (Å²) in [7, 11) is -4.31. The molecule has 0 radical (unpaired) electrons. The average molecular weight is 722 g/mol. The molecule has 288 valence electrons. The quantitative estimate of drug-likeness (QED) is 0.0216. The fourth-order valence-electron chi connectivity index (χ4n) is 4.83. The van der Waals surface area contributed by atoms with Gasteiger partial charge in [0.1, 0.15) is 6.61 Å². The molecule has 2 atom stereocenters. The van der Waals surface area contributed by atoms with Gasteiger partial charge in [0.25, 0.3) is 0 Å². The molecule has 0 aliphatic rings. The maximum atomic E-state index is 12.5. The molecular formula is C41H72NO7P. The van der Waals surface area contributed by atoms with Crippen LogP contribution in [0.1, 0.15) is 149 Å². The number of rotatable bonds is 36. The van der Waals surface area contributed by atoms with Crippen molar-refractivity contribution in [1.29, 1.82) is 0 Å². The average Bonchev–Trinajstić information content (AvgIpc) is 3.10. The number of ether oxygens (including phenoxy) is 2. The number of carbonyl (C=O) groups is 1. The fraction of sp³-hybridized carbons (Fsp3) is 0.683. The van der Waals surface area contributed by atoms with Gasteiger partial charge in [-0.05, 0) is 57.4 Å². The fourth-order valence-corrected chi connectivity index (χ4v) is 5.60. The minimum Gasteiger partial charge on any atom is -0.498 e. The van der Waals surface area contributed by atoms with E-state index in [2.05, 4.69) is 62.5 Å². The van der Waals surface area contributed by atoms with Crippen molar-refractivity contribution >= 4 is 13.8 Å². The van der Waals surface area contributed by atoms with E-state index in [-0.39, 0.29) is 32.8 Å². The van der Waals surface area contributed by atoms with E-state index in [4.69, 9.17) is 24.3 Å². The van der Waals surface area contributed by atoms with Gasteiger partial charge in [-0.25, -0.2) is 4.57 Å². The highest BCUT2D eigenvalue weighted by Crippen LogP contribution is 2.43. The molecule has 3 N–H and O–H groups in total. The largest absolute Gasteiger partial charge is 0.498 e. The van der Waals surface area contributed by atoms with Gasteiger partial charge in [-0.15, -0.1) is 0 Å². The topological polar surface area (TPSA) is 117 Å². The van der Waals surface area contributed by atoms with Crippen LogP contribution >= 0.6 is 7.82 Å². The van der Waals surface area contributed by atoms with Crippen LogP contribution in [-0.2, 0) is 27.9 Å². The van der Waals surface area contributed by atoms with E-state index in [1.807, 2.05) is 18.2 Å². The Labute approximate surface area is 305 Å². The van der Waals surface area contributed by atoms with Gasteiger partial charge in [-0.1, -0.05) is 152 Å². The molecule has 0 saturated heterocycles. The van der Waals surface area contributed by atoms with Crippen LogP contribution in [-0.4, -0.2) is 43.3 Å². The highest BCUT2D eigenvalue weighted by Gasteiger charge is 2.25. The van der Waals surface area contributed by atoms with Gasteiger partial charge >= 0.3 is 13.8 Å². The molecule has 0 amide bonds. The molecule has 0 aromatic heterocycles. The van der Waals surface area contributed by atoms with Crippen LogP contribution in [0.4, 0.5) is 0 Å². The number of hydrogen-bond acceptors (Lipinski definition) is 7. The Kier molecular flexibility index (Phi) is 36.3. The Morgan fingerprint density at radius 1 is 0.620 bits per heavy atom. The van der Waals surface area contributed by atoms with Gasteiger partial charge in [0.2, 0.25) is 0 Å². The third-order valence-electron chi connectivity index (χ3n) is 7.69. The van der Waals surface area contributed by atoms with Crippen molar-refractivity contribution < 1.29 is 32.8 Å². The van der Waals surface area contributed by atoms with E-state index in [0.717, 1.165) is 44.9 Å². The van der Waals surface area contributed by atoms with Crippen LogP contribution in [0.15, 0.2) is 73.1 Å². The second kappa shape index (κ2) is 38.0. The standard InChI is InChI=1S/C41H72NO7P/c1-3-5-7-9-11-13-15-17-19-20-21-22-24-26-28-30-32-34-41(43)49-40(39-48-50(44,45)47-37-35-42)38-46-36-33-31-29-27-25-23-18-16-14-12-10-8-6-4-2/h7,9,13,15,19-20,22,24,28,30,33,36,40H,3-6,8,10-12,14,16-18,21,23,25-27,29,31-32,34-35,37-39,42H2,1-2H3,(H,44,45)/b9-7-,15-13-,20-19-,24-22-,30-28-,36-33+. The lowest BCUT2D eigenvalue weighted by molar-refractivity contribution is -0.153. The second-order valence-electron chi connectivity index (χ2n) is 12.5. The molecule has 0 aromatic rings. The summed E-state index contributed by atoms with van der Waals surface area (Å²) in [5, 5.41) is 0. The Balaban J connectivity index is 4.29. The highest BCUT2D eigenvalue weighted by molar-refractivity contribution is 7.47. The maximum absolute atomic E-state index is 12.5. The van der Waals surface area contributed by atoms with Crippen LogP contribution < -0.4 is 5.73 Å². The lowest BCUT2D eigenvalue weighted by Gasteiger charge is -2.19. The third kappa shape index (κ3) is 37.0. The van der Waals surface area contributed by atoms with Crippen LogP contribution in [0, 0.1) is 0 Å². The summed E-state index contributed by atoms with van der Waals surface area (Å²) in [6, 6.07) is 0. The zero-order chi connectivity index (χ0) is 36.6. The molecule has 8 nitrogen and oxygen atoms in total. The lowest BCUT2D eigenvalue weighted by atomic mass is 10.0. The number of allylic oxidation sites excluding steroid dienone is 11. The van der Waals surface area contributed by atoms with Gasteiger partial charge in [-0.3, -0.25) is 13.8 Å². The molecule has 0 rings (SSSR count). The van der Waals surface area contributed by atoms with Gasteiger partial charge in [0.15, 0.2) is 6.10 Å². The Morgan fingerprint density at radius 3 is 1.64 bits per heavy atom. The van der Waals surface area contributed by atoms with Crippen molar-refractivity contribution in [3.63, 3.8) is 0 Å². The zero-order valence-electron chi connectivity index (χ0n) is 31.6. The Morgan fingerprint density at radius 2 is 1.12 bits per heavy atom. The summed E-state index contributed by atoms with van der Waals surface area (Å²) < 4.78 is 33.0. The molecule has 0 heterocycles. The van der Waals surface area contributed by atoms with Crippen LogP contribution in [0.5, 0.6) is 0 Å². The molecule has 9 heteroatoms. The van der Waals surface area contributed by atoms with Crippen molar-refractivity contribution in [2.24, 2.45) is 5.73 Å². The summed E-state index contributed by atoms with van der Waals surface area (Å²) in [4.78, 5) is 22.3. The highest BCUT2D eigenvalue weighted by atomic mass is 31.2. The molecule has 0 aliphatic carbocycles. The van der Waals surface area contributed by atoms with Gasteiger partial charge < -0.3 is 20.1 Å². The van der Waals surface area contributed by atoms with Crippen molar-refractivity contribution in [3.8, 4) is 0 Å². The minimum absolute atomic E-state index is 0.000663. The molecule has 0 aromatic carbocycles. The molecule has 0 saturated carbocycles. The van der Waals surface area contributed by atoms with Gasteiger partial charge in [0.05, 0.1) is 19.5 Å². The molecule has 0 fully saturated rings. The maximum Gasteiger partial charge on any atom is 0.472 e. The van der Waals surface area contributed by atoms with Crippen molar-refractivity contribution in [1.82, 2.24) is 0 Å². The molecule has 0 aliphatic heterocycles. The summed E-state index contributed by atoms with van der Waals surface area (Å²) in [5.74, 6) is -0.435. The molecule has 0 bridgehead atoms. The van der Waals surface area contributed by atoms with E-state index in [1.165, 1.54) is 77.0 Å². The predicted octanol–water partition coefficient (Wildman–Crippen LogP) is 11.5. The summed E-state index contributed by atoms with van der Waals surface area (Å²) in [6.45, 7) is 4.06. The minimum atomic E-state index is -4.31. The molecule has 0 spiro atoms.